The molecule has 0 aliphatic rings. The number of carbonyl (C=O) groups is 2. The van der Waals surface area contributed by atoms with Gasteiger partial charge in [0.05, 0.1) is 13.2 Å². The summed E-state index contributed by atoms with van der Waals surface area (Å²) in [5, 5.41) is 0. The van der Waals surface area contributed by atoms with E-state index in [0.717, 1.165) is 96.3 Å². The van der Waals surface area contributed by atoms with E-state index in [9.17, 15) is 19.0 Å². The fraction of sp³-hybridized carbons (Fsp3) is 0.623. The summed E-state index contributed by atoms with van der Waals surface area (Å²) >= 11 is 0. The number of unbranched alkanes of at least 4 members (excludes halogenated alkanes) is 20. The number of allylic oxidation sites excluding steroid dienone is 24. The average molecular weight is 1120 g/mol. The zero-order valence-electron chi connectivity index (χ0n) is 50.0. The van der Waals surface area contributed by atoms with E-state index in [1.54, 1.807) is 0 Å². The highest BCUT2D eigenvalue weighted by Gasteiger charge is 2.26. The van der Waals surface area contributed by atoms with Gasteiger partial charge in [0.1, 0.15) is 6.61 Å². The van der Waals surface area contributed by atoms with Crippen LogP contribution < -0.4 is 5.73 Å². The fourth-order valence-electron chi connectivity index (χ4n) is 8.20. The predicted octanol–water partition coefficient (Wildman–Crippen LogP) is 20.3. The van der Waals surface area contributed by atoms with Gasteiger partial charge in [-0.05, 0) is 103 Å². The van der Waals surface area contributed by atoms with Crippen LogP contribution in [-0.4, -0.2) is 49.3 Å². The molecule has 3 N–H and O–H groups in total. The molecule has 10 heteroatoms. The summed E-state index contributed by atoms with van der Waals surface area (Å²) in [5.74, 6) is -0.929. The second-order valence-electron chi connectivity index (χ2n) is 20.2. The smallest absolute Gasteiger partial charge is 0.462 e. The molecule has 0 aliphatic heterocycles. The molecule has 0 aliphatic carbocycles. The Labute approximate surface area is 484 Å². The molecule has 0 amide bonds. The van der Waals surface area contributed by atoms with E-state index in [4.69, 9.17) is 24.3 Å². The Bertz CT molecular complexity index is 1800. The lowest BCUT2D eigenvalue weighted by Crippen LogP contribution is -2.29. The van der Waals surface area contributed by atoms with Crippen LogP contribution in [0.5, 0.6) is 0 Å². The van der Waals surface area contributed by atoms with Crippen molar-refractivity contribution in [2.75, 3.05) is 26.4 Å². The Hall–Kier alpha value is -4.11. The first kappa shape index (κ1) is 74.9. The van der Waals surface area contributed by atoms with Crippen LogP contribution in [0.25, 0.3) is 0 Å². The molecular formula is C69H114NO8P. The van der Waals surface area contributed by atoms with Crippen molar-refractivity contribution in [3.63, 3.8) is 0 Å². The zero-order chi connectivity index (χ0) is 57.3. The first-order valence-corrected chi connectivity index (χ1v) is 32.8. The Kier molecular flexibility index (Phi) is 59.8. The molecule has 0 spiro atoms. The number of ether oxygens (including phenoxy) is 2. The summed E-state index contributed by atoms with van der Waals surface area (Å²) in [5.41, 5.74) is 5.38. The Morgan fingerprint density at radius 1 is 0.380 bits per heavy atom. The number of hydrogen-bond acceptors (Lipinski definition) is 8. The number of esters is 2. The number of phosphoric ester groups is 1. The summed E-state index contributed by atoms with van der Waals surface area (Å²) in [6, 6.07) is 0. The molecule has 0 aromatic carbocycles. The topological polar surface area (TPSA) is 134 Å². The number of carbonyl (C=O) groups excluding carboxylic acids is 2. The molecule has 79 heavy (non-hydrogen) atoms. The molecule has 0 saturated carbocycles. The Morgan fingerprint density at radius 3 is 1.03 bits per heavy atom. The van der Waals surface area contributed by atoms with Crippen molar-refractivity contribution in [1.29, 1.82) is 0 Å². The molecule has 2 unspecified atom stereocenters. The molecular weight excluding hydrogens is 1000 g/mol. The van der Waals surface area contributed by atoms with E-state index in [1.807, 2.05) is 12.2 Å². The molecule has 448 valence electrons. The van der Waals surface area contributed by atoms with E-state index in [0.29, 0.717) is 12.8 Å². The third-order valence-electron chi connectivity index (χ3n) is 12.7. The van der Waals surface area contributed by atoms with Gasteiger partial charge in [0.25, 0.3) is 0 Å². The minimum atomic E-state index is -4.41. The molecule has 2 atom stereocenters. The highest BCUT2D eigenvalue weighted by Crippen LogP contribution is 2.43. The van der Waals surface area contributed by atoms with Crippen LogP contribution in [0.15, 0.2) is 146 Å². The summed E-state index contributed by atoms with van der Waals surface area (Å²) in [7, 11) is -4.41. The maximum absolute atomic E-state index is 12.7. The molecule has 0 heterocycles. The van der Waals surface area contributed by atoms with Gasteiger partial charge in [0, 0.05) is 19.4 Å². The summed E-state index contributed by atoms with van der Waals surface area (Å²) in [6.07, 6.45) is 90.9. The van der Waals surface area contributed by atoms with Crippen LogP contribution in [0.2, 0.25) is 0 Å². The molecule has 9 nitrogen and oxygen atoms in total. The van der Waals surface area contributed by atoms with E-state index in [1.165, 1.54) is 109 Å². The van der Waals surface area contributed by atoms with Crippen LogP contribution >= 0.6 is 7.82 Å². The van der Waals surface area contributed by atoms with Gasteiger partial charge in [0.2, 0.25) is 0 Å². The van der Waals surface area contributed by atoms with Crippen LogP contribution in [-0.2, 0) is 32.7 Å². The number of hydrogen-bond donors (Lipinski definition) is 2. The second kappa shape index (κ2) is 63.1. The number of phosphoric acid groups is 1. The van der Waals surface area contributed by atoms with Crippen LogP contribution in [0.1, 0.15) is 245 Å². The maximum Gasteiger partial charge on any atom is 0.472 e. The molecule has 0 bridgehead atoms. The van der Waals surface area contributed by atoms with Crippen molar-refractivity contribution in [2.45, 2.75) is 251 Å². The predicted molar refractivity (Wildman–Crippen MR) is 339 cm³/mol. The van der Waals surface area contributed by atoms with Gasteiger partial charge in [-0.3, -0.25) is 18.6 Å². The van der Waals surface area contributed by atoms with Crippen molar-refractivity contribution >= 4 is 19.8 Å². The lowest BCUT2D eigenvalue weighted by molar-refractivity contribution is -0.161. The van der Waals surface area contributed by atoms with Crippen LogP contribution in [0.4, 0.5) is 0 Å². The third-order valence-corrected chi connectivity index (χ3v) is 13.7. The summed E-state index contributed by atoms with van der Waals surface area (Å²) in [4.78, 5) is 35.2. The van der Waals surface area contributed by atoms with Crippen LogP contribution in [0, 0.1) is 0 Å². The number of rotatable bonds is 57. The molecule has 0 radical (unpaired) electrons. The minimum Gasteiger partial charge on any atom is -0.462 e. The Morgan fingerprint density at radius 2 is 0.684 bits per heavy atom. The first-order chi connectivity index (χ1) is 38.8. The van der Waals surface area contributed by atoms with Gasteiger partial charge in [0.15, 0.2) is 6.10 Å². The maximum atomic E-state index is 12.7. The highest BCUT2D eigenvalue weighted by atomic mass is 31.2. The summed E-state index contributed by atoms with van der Waals surface area (Å²) in [6.45, 7) is 3.43. The molecule has 0 rings (SSSR count). The van der Waals surface area contributed by atoms with Gasteiger partial charge < -0.3 is 20.1 Å². The van der Waals surface area contributed by atoms with Gasteiger partial charge in [-0.1, -0.05) is 275 Å². The first-order valence-electron chi connectivity index (χ1n) is 31.3. The lowest BCUT2D eigenvalue weighted by atomic mass is 10.0. The fourth-order valence-corrected chi connectivity index (χ4v) is 8.96. The van der Waals surface area contributed by atoms with Gasteiger partial charge in [-0.25, -0.2) is 4.57 Å². The second-order valence-corrected chi connectivity index (χ2v) is 21.6. The number of nitrogens with two attached hydrogens (primary N) is 1. The standard InChI is InChI=1S/C69H114NO8P/c1-3-5-7-9-11-13-15-17-19-21-23-24-25-26-27-28-29-30-31-32-33-34-35-36-37-38-39-40-41-42-44-46-48-50-52-54-56-58-60-62-69(72)78-67(66-77-79(73,74)76-64-63-70)65-75-68(71)61-59-57-55-53-51-49-47-45-43-22-20-18-16-14-12-10-8-6-4-2/h5-8,11-14,17-20,23-24,26-27,29-30,43,45,49,51,55,57,67H,3-4,9-10,15-16,21-22,25,28,31-42,44,46-48,50,52-54,56,58-66,70H2,1-2H3,(H,73,74)/b7-5-,8-6-,13-11-,14-12-,19-17-,20-18-,24-23-,27-26-,30-29-,45-43-,51-49-,57-55-. The zero-order valence-corrected chi connectivity index (χ0v) is 50.9. The van der Waals surface area contributed by atoms with Crippen molar-refractivity contribution in [1.82, 2.24) is 0 Å². The van der Waals surface area contributed by atoms with Gasteiger partial charge in [-0.2, -0.15) is 0 Å². The van der Waals surface area contributed by atoms with E-state index >= 15 is 0 Å². The van der Waals surface area contributed by atoms with Crippen molar-refractivity contribution in [2.24, 2.45) is 5.73 Å². The van der Waals surface area contributed by atoms with E-state index < -0.39 is 32.5 Å². The largest absolute Gasteiger partial charge is 0.472 e. The molecule has 0 aromatic heterocycles. The van der Waals surface area contributed by atoms with E-state index in [-0.39, 0.29) is 32.6 Å². The van der Waals surface area contributed by atoms with Crippen LogP contribution in [0.3, 0.4) is 0 Å². The third kappa shape index (κ3) is 62.9. The van der Waals surface area contributed by atoms with Crippen molar-refractivity contribution < 1.29 is 37.6 Å². The van der Waals surface area contributed by atoms with Gasteiger partial charge in [-0.15, -0.1) is 0 Å². The Balaban J connectivity index is 3.92. The minimum absolute atomic E-state index is 0.0382. The molecule has 0 aromatic rings. The lowest BCUT2D eigenvalue weighted by Gasteiger charge is -2.19. The monoisotopic (exact) mass is 1120 g/mol. The quantitative estimate of drug-likeness (QED) is 0.0264. The van der Waals surface area contributed by atoms with Gasteiger partial charge >= 0.3 is 19.8 Å². The molecule has 0 saturated heterocycles. The highest BCUT2D eigenvalue weighted by molar-refractivity contribution is 7.47. The van der Waals surface area contributed by atoms with Crippen molar-refractivity contribution in [3.05, 3.63) is 146 Å². The SMILES string of the molecule is CC/C=C\C/C=C\C/C=C\C/C=C\C/C=C\C/C=C\CCCCCCCCCCCCCCCCCCCCCCC(=O)OC(COC(=O)CC/C=C\C/C=C\C/C=C\C/C=C\C/C=C\C/C=C\CC)COP(=O)(O)OCCN. The summed E-state index contributed by atoms with van der Waals surface area (Å²) < 4.78 is 33.0. The van der Waals surface area contributed by atoms with E-state index in [2.05, 4.69) is 148 Å². The molecule has 0 fully saturated rings. The average Bonchev–Trinajstić information content (AvgIpc) is 3.44. The van der Waals surface area contributed by atoms with Crippen molar-refractivity contribution in [3.8, 4) is 0 Å². The normalized spacial score (nSPS) is 14.0.